The topological polar surface area (TPSA) is 38.8 Å². The van der Waals surface area contributed by atoms with Crippen LogP contribution in [0.3, 0.4) is 0 Å². The third-order valence-corrected chi connectivity index (χ3v) is 3.28. The molecule has 4 heteroatoms. The first-order chi connectivity index (χ1) is 8.17. The molecule has 0 unspecified atom stereocenters. The second-order valence-corrected chi connectivity index (χ2v) is 4.55. The zero-order chi connectivity index (χ0) is 12.7. The van der Waals surface area contributed by atoms with E-state index in [-0.39, 0.29) is 6.29 Å². The maximum absolute atomic E-state index is 11.2. The predicted molar refractivity (Wildman–Crippen MR) is 66.9 cm³/mol. The van der Waals surface area contributed by atoms with Gasteiger partial charge in [0, 0.05) is 38.6 Å². The van der Waals surface area contributed by atoms with Gasteiger partial charge in [0.25, 0.3) is 0 Å². The molecule has 0 heterocycles. The van der Waals surface area contributed by atoms with Crippen molar-refractivity contribution in [3.8, 4) is 0 Å². The van der Waals surface area contributed by atoms with E-state index in [0.29, 0.717) is 25.0 Å². The van der Waals surface area contributed by atoms with Gasteiger partial charge in [-0.3, -0.25) is 9.69 Å². The Balaban J connectivity index is 2.34. The van der Waals surface area contributed by atoms with E-state index < -0.39 is 0 Å². The monoisotopic (exact) mass is 243 g/mol. The number of nitrogens with zero attached hydrogens (tertiary/aromatic N) is 1. The van der Waals surface area contributed by atoms with E-state index in [1.165, 1.54) is 0 Å². The van der Waals surface area contributed by atoms with Crippen LogP contribution in [-0.2, 0) is 14.3 Å². The molecular weight excluding hydrogens is 218 g/mol. The van der Waals surface area contributed by atoms with E-state index in [0.717, 1.165) is 32.2 Å². The molecule has 1 aliphatic carbocycles. The van der Waals surface area contributed by atoms with Gasteiger partial charge in [0.05, 0.1) is 0 Å². The molecule has 0 bridgehead atoms. The Morgan fingerprint density at radius 3 is 2.24 bits per heavy atom. The summed E-state index contributed by atoms with van der Waals surface area (Å²) >= 11 is 0. The molecule has 0 N–H and O–H groups in total. The molecule has 1 aliphatic rings. The van der Waals surface area contributed by atoms with Gasteiger partial charge in [0.15, 0.2) is 6.29 Å². The molecule has 0 aromatic heterocycles. The molecule has 0 spiro atoms. The van der Waals surface area contributed by atoms with Crippen LogP contribution in [0.25, 0.3) is 0 Å². The lowest BCUT2D eigenvalue weighted by atomic mass is 9.93. The molecule has 0 atom stereocenters. The van der Waals surface area contributed by atoms with Crippen LogP contribution in [0.5, 0.6) is 0 Å². The maximum atomic E-state index is 11.2. The molecule has 1 rings (SSSR count). The second-order valence-electron chi connectivity index (χ2n) is 4.55. The van der Waals surface area contributed by atoms with Crippen LogP contribution in [0.4, 0.5) is 0 Å². The Bertz CT molecular complexity index is 217. The van der Waals surface area contributed by atoms with Crippen LogP contribution in [0.15, 0.2) is 0 Å². The quantitative estimate of drug-likeness (QED) is 0.639. The number of carbonyl (C=O) groups excluding carboxylic acids is 1. The minimum atomic E-state index is -0.146. The fraction of sp³-hybridized carbons (Fsp3) is 0.923. The van der Waals surface area contributed by atoms with Gasteiger partial charge in [-0.25, -0.2) is 0 Å². The Labute approximate surface area is 104 Å². The van der Waals surface area contributed by atoms with Crippen molar-refractivity contribution in [2.24, 2.45) is 0 Å². The summed E-state index contributed by atoms with van der Waals surface area (Å²) in [6.45, 7) is 6.07. The fourth-order valence-corrected chi connectivity index (χ4v) is 2.27. The normalized spacial score (nSPS) is 18.3. The first kappa shape index (κ1) is 14.6. The summed E-state index contributed by atoms with van der Waals surface area (Å²) in [5, 5.41) is 0. The zero-order valence-electron chi connectivity index (χ0n) is 11.3. The average molecular weight is 243 g/mol. The van der Waals surface area contributed by atoms with E-state index in [9.17, 15) is 4.79 Å². The molecule has 0 saturated heterocycles. The summed E-state index contributed by atoms with van der Waals surface area (Å²) in [5.41, 5.74) is 0. The summed E-state index contributed by atoms with van der Waals surface area (Å²) in [4.78, 5) is 13.5. The number of likely N-dealkylation sites (N-methyl/N-ethyl adjacent to an activating group) is 1. The van der Waals surface area contributed by atoms with Crippen LogP contribution in [-0.4, -0.2) is 49.8 Å². The predicted octanol–water partition coefficient (Wildman–Crippen LogP) is 1.83. The van der Waals surface area contributed by atoms with Crippen molar-refractivity contribution < 1.29 is 14.3 Å². The van der Waals surface area contributed by atoms with Gasteiger partial charge in [0.1, 0.15) is 5.78 Å². The Kier molecular flexibility index (Phi) is 6.70. The number of Topliss-reactive ketones (excluding diaryl/α,β-unsaturated/α-hetero) is 1. The van der Waals surface area contributed by atoms with E-state index in [2.05, 4.69) is 11.9 Å². The SMILES string of the molecule is CCOC(CN(C)C1CCC(=O)CC1)OCC. The van der Waals surface area contributed by atoms with Crippen molar-refractivity contribution in [1.82, 2.24) is 4.90 Å². The maximum Gasteiger partial charge on any atom is 0.170 e. The third-order valence-electron chi connectivity index (χ3n) is 3.28. The summed E-state index contributed by atoms with van der Waals surface area (Å²) < 4.78 is 11.1. The summed E-state index contributed by atoms with van der Waals surface area (Å²) in [7, 11) is 2.09. The summed E-state index contributed by atoms with van der Waals surface area (Å²) in [6, 6.07) is 0.496. The zero-order valence-corrected chi connectivity index (χ0v) is 11.3. The smallest absolute Gasteiger partial charge is 0.170 e. The van der Waals surface area contributed by atoms with Crippen molar-refractivity contribution in [2.75, 3.05) is 26.8 Å². The lowest BCUT2D eigenvalue weighted by Crippen LogP contribution is -2.41. The molecular formula is C13H25NO3. The average Bonchev–Trinajstić information content (AvgIpc) is 2.30. The van der Waals surface area contributed by atoms with Gasteiger partial charge in [-0.05, 0) is 33.7 Å². The largest absolute Gasteiger partial charge is 0.352 e. The van der Waals surface area contributed by atoms with Crippen LogP contribution in [0.1, 0.15) is 39.5 Å². The van der Waals surface area contributed by atoms with Crippen molar-refractivity contribution in [1.29, 1.82) is 0 Å². The highest BCUT2D eigenvalue weighted by Gasteiger charge is 2.24. The number of ketones is 1. The molecule has 0 aromatic carbocycles. The molecule has 100 valence electrons. The van der Waals surface area contributed by atoms with E-state index >= 15 is 0 Å². The van der Waals surface area contributed by atoms with Gasteiger partial charge in [-0.1, -0.05) is 0 Å². The number of rotatable bonds is 7. The minimum Gasteiger partial charge on any atom is -0.352 e. The van der Waals surface area contributed by atoms with Gasteiger partial charge >= 0.3 is 0 Å². The Hall–Kier alpha value is -0.450. The van der Waals surface area contributed by atoms with Crippen molar-refractivity contribution in [3.63, 3.8) is 0 Å². The number of carbonyl (C=O) groups is 1. The highest BCUT2D eigenvalue weighted by Crippen LogP contribution is 2.19. The fourth-order valence-electron chi connectivity index (χ4n) is 2.27. The molecule has 0 aliphatic heterocycles. The highest BCUT2D eigenvalue weighted by molar-refractivity contribution is 5.79. The first-order valence-electron chi connectivity index (χ1n) is 6.62. The minimum absolute atomic E-state index is 0.146. The second kappa shape index (κ2) is 7.80. The number of ether oxygens (including phenoxy) is 2. The molecule has 4 nitrogen and oxygen atoms in total. The van der Waals surface area contributed by atoms with Crippen molar-refractivity contribution >= 4 is 5.78 Å². The third kappa shape index (κ3) is 5.15. The van der Waals surface area contributed by atoms with E-state index in [4.69, 9.17) is 9.47 Å². The lowest BCUT2D eigenvalue weighted by molar-refractivity contribution is -0.149. The molecule has 0 radical (unpaired) electrons. The van der Waals surface area contributed by atoms with Crippen molar-refractivity contribution in [3.05, 3.63) is 0 Å². The molecule has 0 amide bonds. The standard InChI is InChI=1S/C13H25NO3/c1-4-16-13(17-5-2)10-14(3)11-6-8-12(15)9-7-11/h11,13H,4-10H2,1-3H3. The van der Waals surface area contributed by atoms with Gasteiger partial charge in [0.2, 0.25) is 0 Å². The summed E-state index contributed by atoms with van der Waals surface area (Å²) in [5.74, 6) is 0.404. The lowest BCUT2D eigenvalue weighted by Gasteiger charge is -2.32. The van der Waals surface area contributed by atoms with E-state index in [1.807, 2.05) is 13.8 Å². The van der Waals surface area contributed by atoms with Gasteiger partial charge in [-0.2, -0.15) is 0 Å². The van der Waals surface area contributed by atoms with Crippen LogP contribution < -0.4 is 0 Å². The van der Waals surface area contributed by atoms with Gasteiger partial charge < -0.3 is 9.47 Å². The summed E-state index contributed by atoms with van der Waals surface area (Å²) in [6.07, 6.45) is 3.25. The van der Waals surface area contributed by atoms with Crippen LogP contribution in [0, 0.1) is 0 Å². The van der Waals surface area contributed by atoms with Gasteiger partial charge in [-0.15, -0.1) is 0 Å². The van der Waals surface area contributed by atoms with E-state index in [1.54, 1.807) is 0 Å². The molecule has 1 saturated carbocycles. The highest BCUT2D eigenvalue weighted by atomic mass is 16.7. The molecule has 17 heavy (non-hydrogen) atoms. The Morgan fingerprint density at radius 2 is 1.76 bits per heavy atom. The molecule has 0 aromatic rings. The number of hydrogen-bond donors (Lipinski definition) is 0. The van der Waals surface area contributed by atoms with Crippen molar-refractivity contribution in [2.45, 2.75) is 51.9 Å². The Morgan fingerprint density at radius 1 is 1.24 bits per heavy atom. The van der Waals surface area contributed by atoms with Crippen LogP contribution >= 0.6 is 0 Å². The first-order valence-corrected chi connectivity index (χ1v) is 6.62. The van der Waals surface area contributed by atoms with Crippen LogP contribution in [0.2, 0.25) is 0 Å². The number of hydrogen-bond acceptors (Lipinski definition) is 4. The molecule has 1 fully saturated rings.